The zero-order valence-corrected chi connectivity index (χ0v) is 8.21. The van der Waals surface area contributed by atoms with E-state index in [0.717, 1.165) is 0 Å². The molecule has 2 heteroatoms. The van der Waals surface area contributed by atoms with Crippen LogP contribution in [0.15, 0.2) is 11.6 Å². The Morgan fingerprint density at radius 2 is 2.15 bits per heavy atom. The summed E-state index contributed by atoms with van der Waals surface area (Å²) in [6.07, 6.45) is 5.89. The van der Waals surface area contributed by atoms with Crippen molar-refractivity contribution in [3.05, 3.63) is 11.6 Å². The molecule has 0 aromatic rings. The zero-order valence-electron chi connectivity index (χ0n) is 8.21. The Morgan fingerprint density at radius 3 is 2.46 bits per heavy atom. The molecule has 2 nitrogen and oxygen atoms in total. The first-order valence-corrected chi connectivity index (χ1v) is 4.96. The van der Waals surface area contributed by atoms with Gasteiger partial charge in [0.05, 0.1) is 5.92 Å². The Labute approximate surface area is 78.6 Å². The van der Waals surface area contributed by atoms with E-state index in [2.05, 4.69) is 6.08 Å². The molecule has 0 amide bonds. The van der Waals surface area contributed by atoms with E-state index in [0.29, 0.717) is 5.92 Å². The van der Waals surface area contributed by atoms with E-state index in [4.69, 9.17) is 5.11 Å². The summed E-state index contributed by atoms with van der Waals surface area (Å²) in [7, 11) is 0. The molecular weight excluding hydrogens is 164 g/mol. The van der Waals surface area contributed by atoms with Crippen LogP contribution in [0.3, 0.4) is 0 Å². The summed E-state index contributed by atoms with van der Waals surface area (Å²) in [5.41, 5.74) is 1.47. The molecule has 2 saturated carbocycles. The van der Waals surface area contributed by atoms with Gasteiger partial charge in [-0.1, -0.05) is 25.5 Å². The lowest BCUT2D eigenvalue weighted by Gasteiger charge is -2.16. The SMILES string of the molecule is CC1(C)C(C=C2CCC2)C1C(=O)O. The fourth-order valence-electron chi connectivity index (χ4n) is 2.26. The molecule has 0 aromatic heterocycles. The van der Waals surface area contributed by atoms with Crippen LogP contribution in [0.2, 0.25) is 0 Å². The highest BCUT2D eigenvalue weighted by Crippen LogP contribution is 2.59. The van der Waals surface area contributed by atoms with Crippen molar-refractivity contribution in [1.29, 1.82) is 0 Å². The van der Waals surface area contributed by atoms with Crippen molar-refractivity contribution in [1.82, 2.24) is 0 Å². The quantitative estimate of drug-likeness (QED) is 0.663. The molecule has 1 N–H and O–H groups in total. The van der Waals surface area contributed by atoms with Gasteiger partial charge in [0, 0.05) is 0 Å². The average Bonchev–Trinajstić information content (AvgIpc) is 2.44. The average molecular weight is 180 g/mol. The van der Waals surface area contributed by atoms with E-state index in [1.54, 1.807) is 0 Å². The molecule has 0 radical (unpaired) electrons. The molecule has 0 aromatic carbocycles. The second kappa shape index (κ2) is 2.60. The molecule has 0 heterocycles. The fraction of sp³-hybridized carbons (Fsp3) is 0.727. The standard InChI is InChI=1S/C11H16O2/c1-11(2)8(9(11)10(12)13)6-7-4-3-5-7/h6,8-9H,3-5H2,1-2H3,(H,12,13). The molecule has 0 saturated heterocycles. The molecule has 2 fully saturated rings. The van der Waals surface area contributed by atoms with Crippen molar-refractivity contribution in [2.24, 2.45) is 17.3 Å². The fourth-order valence-corrected chi connectivity index (χ4v) is 2.26. The molecule has 13 heavy (non-hydrogen) atoms. The molecule has 2 aliphatic carbocycles. The number of allylic oxidation sites excluding steroid dienone is 2. The topological polar surface area (TPSA) is 37.3 Å². The van der Waals surface area contributed by atoms with E-state index < -0.39 is 5.97 Å². The summed E-state index contributed by atoms with van der Waals surface area (Å²) in [5, 5.41) is 8.93. The van der Waals surface area contributed by atoms with Crippen LogP contribution in [-0.2, 0) is 4.79 Å². The van der Waals surface area contributed by atoms with Gasteiger partial charge in [-0.3, -0.25) is 4.79 Å². The normalized spacial score (nSPS) is 35.1. The lowest BCUT2D eigenvalue weighted by molar-refractivity contribution is -0.139. The van der Waals surface area contributed by atoms with Gasteiger partial charge in [-0.25, -0.2) is 0 Å². The number of rotatable bonds is 2. The molecule has 2 atom stereocenters. The second-order valence-electron chi connectivity index (χ2n) is 4.84. The van der Waals surface area contributed by atoms with Crippen molar-refractivity contribution in [3.8, 4) is 0 Å². The first-order chi connectivity index (χ1) is 6.03. The van der Waals surface area contributed by atoms with Crippen LogP contribution < -0.4 is 0 Å². The Bertz CT molecular complexity index is 270. The van der Waals surface area contributed by atoms with E-state index in [9.17, 15) is 4.79 Å². The number of aliphatic carboxylic acids is 1. The number of carboxylic acid groups (broad SMARTS) is 1. The lowest BCUT2D eigenvalue weighted by atomic mass is 9.90. The summed E-state index contributed by atoms with van der Waals surface area (Å²) in [5.74, 6) is -0.480. The molecule has 0 aliphatic heterocycles. The largest absolute Gasteiger partial charge is 0.481 e. The van der Waals surface area contributed by atoms with E-state index in [1.807, 2.05) is 13.8 Å². The molecule has 2 unspecified atom stereocenters. The van der Waals surface area contributed by atoms with E-state index >= 15 is 0 Å². The highest BCUT2D eigenvalue weighted by molar-refractivity contribution is 5.76. The van der Waals surface area contributed by atoms with Gasteiger partial charge in [-0.2, -0.15) is 0 Å². The first-order valence-electron chi connectivity index (χ1n) is 4.96. The molecule has 2 aliphatic rings. The predicted octanol–water partition coefficient (Wildman–Crippen LogP) is 2.45. The maximum absolute atomic E-state index is 10.8. The molecule has 72 valence electrons. The van der Waals surface area contributed by atoms with Gasteiger partial charge in [-0.05, 0) is 30.6 Å². The van der Waals surface area contributed by atoms with Crippen LogP contribution in [0.25, 0.3) is 0 Å². The minimum atomic E-state index is -0.633. The van der Waals surface area contributed by atoms with Gasteiger partial charge in [0.2, 0.25) is 0 Å². The number of hydrogen-bond acceptors (Lipinski definition) is 1. The van der Waals surface area contributed by atoms with Crippen molar-refractivity contribution in [2.75, 3.05) is 0 Å². The van der Waals surface area contributed by atoms with Crippen LogP contribution in [0.5, 0.6) is 0 Å². The van der Waals surface area contributed by atoms with Gasteiger partial charge in [-0.15, -0.1) is 0 Å². The molecule has 0 bridgehead atoms. The monoisotopic (exact) mass is 180 g/mol. The van der Waals surface area contributed by atoms with Crippen molar-refractivity contribution in [2.45, 2.75) is 33.1 Å². The number of carboxylic acids is 1. The molecule has 2 rings (SSSR count). The molecular formula is C11H16O2. The van der Waals surface area contributed by atoms with Crippen molar-refractivity contribution in [3.63, 3.8) is 0 Å². The summed E-state index contributed by atoms with van der Waals surface area (Å²) in [4.78, 5) is 10.8. The Hall–Kier alpha value is -0.790. The van der Waals surface area contributed by atoms with E-state index in [1.165, 1.54) is 24.8 Å². The second-order valence-corrected chi connectivity index (χ2v) is 4.84. The zero-order chi connectivity index (χ0) is 9.64. The van der Waals surface area contributed by atoms with Crippen LogP contribution >= 0.6 is 0 Å². The van der Waals surface area contributed by atoms with Gasteiger partial charge in [0.25, 0.3) is 0 Å². The summed E-state index contributed by atoms with van der Waals surface area (Å²) >= 11 is 0. The van der Waals surface area contributed by atoms with Crippen LogP contribution in [0, 0.1) is 17.3 Å². The third kappa shape index (κ3) is 1.28. The maximum Gasteiger partial charge on any atom is 0.307 e. The Morgan fingerprint density at radius 1 is 1.54 bits per heavy atom. The summed E-state index contributed by atoms with van der Waals surface area (Å²) in [6.45, 7) is 4.10. The lowest BCUT2D eigenvalue weighted by Crippen LogP contribution is -2.03. The van der Waals surface area contributed by atoms with Gasteiger partial charge >= 0.3 is 5.97 Å². The van der Waals surface area contributed by atoms with E-state index in [-0.39, 0.29) is 11.3 Å². The maximum atomic E-state index is 10.8. The number of carbonyl (C=O) groups is 1. The minimum Gasteiger partial charge on any atom is -0.481 e. The van der Waals surface area contributed by atoms with Gasteiger partial charge in [0.15, 0.2) is 0 Å². The first kappa shape index (κ1) is 8.79. The number of hydrogen-bond donors (Lipinski definition) is 1. The highest BCUT2D eigenvalue weighted by Gasteiger charge is 2.60. The summed E-state index contributed by atoms with van der Waals surface area (Å²) < 4.78 is 0. The molecule has 0 spiro atoms. The third-order valence-electron chi connectivity index (χ3n) is 3.59. The third-order valence-corrected chi connectivity index (χ3v) is 3.59. The smallest absolute Gasteiger partial charge is 0.307 e. The van der Waals surface area contributed by atoms with Crippen LogP contribution in [0.1, 0.15) is 33.1 Å². The van der Waals surface area contributed by atoms with Crippen molar-refractivity contribution >= 4 is 5.97 Å². The Balaban J connectivity index is 2.06. The van der Waals surface area contributed by atoms with Crippen LogP contribution in [0.4, 0.5) is 0 Å². The van der Waals surface area contributed by atoms with Gasteiger partial charge < -0.3 is 5.11 Å². The predicted molar refractivity (Wildman–Crippen MR) is 50.3 cm³/mol. The highest BCUT2D eigenvalue weighted by atomic mass is 16.4. The Kier molecular flexibility index (Phi) is 1.76. The van der Waals surface area contributed by atoms with Crippen molar-refractivity contribution < 1.29 is 9.90 Å². The minimum absolute atomic E-state index is 0.00553. The van der Waals surface area contributed by atoms with Crippen LogP contribution in [-0.4, -0.2) is 11.1 Å². The summed E-state index contributed by atoms with van der Waals surface area (Å²) in [6, 6.07) is 0. The van der Waals surface area contributed by atoms with Gasteiger partial charge in [0.1, 0.15) is 0 Å².